The molecule has 0 heterocycles. The number of carboxylic acids is 1. The molecule has 0 aliphatic heterocycles. The number of hydrogen-bond donors (Lipinski definition) is 2. The summed E-state index contributed by atoms with van der Waals surface area (Å²) in [6.07, 6.45) is -3.82. The first-order valence-electron chi connectivity index (χ1n) is 3.53. The Morgan fingerprint density at radius 2 is 2.00 bits per heavy atom. The third-order valence-electron chi connectivity index (χ3n) is 1.16. The van der Waals surface area contributed by atoms with Crippen molar-refractivity contribution in [2.45, 2.75) is 19.5 Å². The van der Waals surface area contributed by atoms with Crippen LogP contribution in [0.1, 0.15) is 6.92 Å². The number of carbonyl (C=O) groups excluding carboxylic acids is 1. The van der Waals surface area contributed by atoms with Gasteiger partial charge in [-0.05, 0) is 6.92 Å². The molecule has 0 aromatic carbocycles. The normalized spacial score (nSPS) is 13.9. The van der Waals surface area contributed by atoms with Crippen molar-refractivity contribution in [2.75, 3.05) is 0 Å². The highest BCUT2D eigenvalue weighted by Crippen LogP contribution is 2.06. The van der Waals surface area contributed by atoms with Crippen LogP contribution in [0.5, 0.6) is 0 Å². The van der Waals surface area contributed by atoms with E-state index in [-0.39, 0.29) is 0 Å². The van der Waals surface area contributed by atoms with Gasteiger partial charge in [-0.2, -0.15) is 0 Å². The van der Waals surface area contributed by atoms with Crippen LogP contribution in [0.4, 0.5) is 8.78 Å². The van der Waals surface area contributed by atoms with Gasteiger partial charge < -0.3 is 15.6 Å². The quantitative estimate of drug-likeness (QED) is 0.381. The lowest BCUT2D eigenvalue weighted by Crippen LogP contribution is -2.22. The van der Waals surface area contributed by atoms with Crippen molar-refractivity contribution < 1.29 is 28.2 Å². The summed E-state index contributed by atoms with van der Waals surface area (Å²) in [5.41, 5.74) is 4.97. The molecule has 0 aliphatic carbocycles. The minimum Gasteiger partial charge on any atom is -0.475 e. The lowest BCUT2D eigenvalue weighted by atomic mass is 10.4. The van der Waals surface area contributed by atoms with E-state index < -0.39 is 30.2 Å². The number of rotatable bonds is 5. The molecule has 0 bridgehead atoms. The van der Waals surface area contributed by atoms with Gasteiger partial charge in [0.15, 0.2) is 12.0 Å². The molecular weight excluding hydrogens is 200 g/mol. The molecule has 0 saturated carbocycles. The average molecular weight is 209 g/mol. The van der Waals surface area contributed by atoms with E-state index in [2.05, 4.69) is 4.74 Å². The summed E-state index contributed by atoms with van der Waals surface area (Å²) in [5.74, 6) is -3.71. The van der Waals surface area contributed by atoms with Gasteiger partial charge >= 0.3 is 5.97 Å². The Balaban J connectivity index is 4.27. The number of nitrogens with two attached hydrogens (primary N) is 1. The smallest absolute Gasteiger partial charge is 0.376 e. The molecule has 0 aromatic rings. The topological polar surface area (TPSA) is 89.6 Å². The fraction of sp³-hybridized carbons (Fsp3) is 0.429. The van der Waals surface area contributed by atoms with Crippen molar-refractivity contribution in [3.63, 3.8) is 0 Å². The standard InChI is InChI=1S/C7H9F2NO4/c1-3(6(8)9)14-5(10)2-4(11)7(12)13/h2-3,6H,10H2,1H3,(H,12,13)/b5-2+. The first-order chi connectivity index (χ1) is 6.34. The third-order valence-corrected chi connectivity index (χ3v) is 1.16. The van der Waals surface area contributed by atoms with Gasteiger partial charge in [0.1, 0.15) is 0 Å². The van der Waals surface area contributed by atoms with E-state index in [4.69, 9.17) is 10.8 Å². The van der Waals surface area contributed by atoms with Gasteiger partial charge in [0.25, 0.3) is 12.2 Å². The molecule has 7 heteroatoms. The molecule has 1 unspecified atom stereocenters. The van der Waals surface area contributed by atoms with Gasteiger partial charge in [-0.15, -0.1) is 0 Å². The second-order valence-electron chi connectivity index (χ2n) is 2.37. The molecule has 0 aliphatic rings. The van der Waals surface area contributed by atoms with E-state index in [1.807, 2.05) is 0 Å². The van der Waals surface area contributed by atoms with Crippen LogP contribution in [0.3, 0.4) is 0 Å². The summed E-state index contributed by atoms with van der Waals surface area (Å²) in [4.78, 5) is 20.5. The fourth-order valence-corrected chi connectivity index (χ4v) is 0.491. The van der Waals surface area contributed by atoms with E-state index in [9.17, 15) is 18.4 Å². The number of carbonyl (C=O) groups is 2. The highest BCUT2D eigenvalue weighted by atomic mass is 19.3. The number of halogens is 2. The first kappa shape index (κ1) is 12.3. The minimum absolute atomic E-state index is 0.432. The van der Waals surface area contributed by atoms with Gasteiger partial charge in [-0.25, -0.2) is 13.6 Å². The van der Waals surface area contributed by atoms with Gasteiger partial charge in [-0.1, -0.05) is 0 Å². The van der Waals surface area contributed by atoms with E-state index in [0.29, 0.717) is 6.08 Å². The first-order valence-corrected chi connectivity index (χ1v) is 3.53. The van der Waals surface area contributed by atoms with Crippen molar-refractivity contribution in [3.05, 3.63) is 12.0 Å². The number of hydrogen-bond acceptors (Lipinski definition) is 4. The van der Waals surface area contributed by atoms with E-state index >= 15 is 0 Å². The molecule has 3 N–H and O–H groups in total. The lowest BCUT2D eigenvalue weighted by molar-refractivity contribution is -0.146. The predicted octanol–water partition coefficient (Wildman–Crippen LogP) is 0.110. The highest BCUT2D eigenvalue weighted by Gasteiger charge is 2.17. The van der Waals surface area contributed by atoms with Crippen LogP contribution in [-0.2, 0) is 14.3 Å². The second kappa shape index (κ2) is 5.15. The number of ether oxygens (including phenoxy) is 1. The van der Waals surface area contributed by atoms with Crippen LogP contribution >= 0.6 is 0 Å². The molecule has 0 amide bonds. The molecule has 0 spiro atoms. The maximum absolute atomic E-state index is 11.9. The van der Waals surface area contributed by atoms with Crippen LogP contribution in [0.2, 0.25) is 0 Å². The van der Waals surface area contributed by atoms with Crippen LogP contribution in [0.25, 0.3) is 0 Å². The second-order valence-corrected chi connectivity index (χ2v) is 2.37. The highest BCUT2D eigenvalue weighted by molar-refractivity contribution is 6.37. The average Bonchev–Trinajstić information content (AvgIpc) is 2.03. The third kappa shape index (κ3) is 4.39. The Labute approximate surface area is 78.1 Å². The number of carboxylic acid groups (broad SMARTS) is 1. The van der Waals surface area contributed by atoms with E-state index in [0.717, 1.165) is 6.92 Å². The van der Waals surface area contributed by atoms with Crippen molar-refractivity contribution in [1.29, 1.82) is 0 Å². The Kier molecular flexibility index (Phi) is 4.54. The van der Waals surface area contributed by atoms with Gasteiger partial charge in [0.05, 0.1) is 6.08 Å². The van der Waals surface area contributed by atoms with Crippen LogP contribution in [0.15, 0.2) is 12.0 Å². The maximum atomic E-state index is 11.9. The maximum Gasteiger partial charge on any atom is 0.376 e. The van der Waals surface area contributed by atoms with Gasteiger partial charge in [0.2, 0.25) is 0 Å². The Hall–Kier alpha value is -1.66. The molecule has 0 saturated heterocycles. The summed E-state index contributed by atoms with van der Waals surface area (Å²) >= 11 is 0. The number of ketones is 1. The van der Waals surface area contributed by atoms with E-state index in [1.54, 1.807) is 0 Å². The summed E-state index contributed by atoms with van der Waals surface area (Å²) in [7, 11) is 0. The van der Waals surface area contributed by atoms with Crippen LogP contribution in [0, 0.1) is 0 Å². The summed E-state index contributed by atoms with van der Waals surface area (Å²) in [6, 6.07) is 0. The van der Waals surface area contributed by atoms with Crippen molar-refractivity contribution in [2.24, 2.45) is 5.73 Å². The molecular formula is C7H9F2NO4. The molecule has 0 radical (unpaired) electrons. The van der Waals surface area contributed by atoms with Crippen LogP contribution in [-0.4, -0.2) is 29.4 Å². The fourth-order valence-electron chi connectivity index (χ4n) is 0.491. The summed E-state index contributed by atoms with van der Waals surface area (Å²) < 4.78 is 28.1. The Morgan fingerprint density at radius 1 is 1.50 bits per heavy atom. The summed E-state index contributed by atoms with van der Waals surface area (Å²) in [5, 5.41) is 8.12. The zero-order valence-corrected chi connectivity index (χ0v) is 7.24. The van der Waals surface area contributed by atoms with Crippen molar-refractivity contribution >= 4 is 11.8 Å². The molecule has 5 nitrogen and oxygen atoms in total. The molecule has 1 atom stereocenters. The Morgan fingerprint density at radius 3 is 2.36 bits per heavy atom. The van der Waals surface area contributed by atoms with Crippen LogP contribution < -0.4 is 5.73 Å². The zero-order valence-electron chi connectivity index (χ0n) is 7.24. The van der Waals surface area contributed by atoms with Gasteiger partial charge in [0, 0.05) is 0 Å². The van der Waals surface area contributed by atoms with Crippen molar-refractivity contribution in [3.8, 4) is 0 Å². The molecule has 14 heavy (non-hydrogen) atoms. The number of aliphatic carboxylic acids is 1. The summed E-state index contributed by atoms with van der Waals surface area (Å²) in [6.45, 7) is 1.04. The van der Waals surface area contributed by atoms with Gasteiger partial charge in [-0.3, -0.25) is 4.79 Å². The largest absolute Gasteiger partial charge is 0.475 e. The molecule has 0 fully saturated rings. The monoisotopic (exact) mass is 209 g/mol. The Bertz CT molecular complexity index is 264. The molecule has 0 rings (SSSR count). The minimum atomic E-state index is -2.76. The van der Waals surface area contributed by atoms with Crippen molar-refractivity contribution in [1.82, 2.24) is 0 Å². The number of alkyl halides is 2. The SMILES string of the molecule is CC(O/C(N)=C/C(=O)C(=O)O)C(F)F. The lowest BCUT2D eigenvalue weighted by Gasteiger charge is -2.12. The molecule has 80 valence electrons. The molecule has 0 aromatic heterocycles. The van der Waals surface area contributed by atoms with E-state index in [1.165, 1.54) is 0 Å². The zero-order chi connectivity index (χ0) is 11.3. The predicted molar refractivity (Wildman–Crippen MR) is 41.5 cm³/mol.